The monoisotopic (exact) mass is 333 g/mol. The lowest BCUT2D eigenvalue weighted by Gasteiger charge is -2.38. The maximum absolute atomic E-state index is 9.81. The number of quaternary nitrogens is 1. The van der Waals surface area contributed by atoms with Crippen molar-refractivity contribution in [1.82, 2.24) is 0 Å². The van der Waals surface area contributed by atoms with Crippen LogP contribution in [0.5, 0.6) is 0 Å². The summed E-state index contributed by atoms with van der Waals surface area (Å²) in [6.45, 7) is 15.9. The van der Waals surface area contributed by atoms with Crippen molar-refractivity contribution in [2.24, 2.45) is 0 Å². The van der Waals surface area contributed by atoms with E-state index in [4.69, 9.17) is 4.74 Å². The van der Waals surface area contributed by atoms with Gasteiger partial charge in [0.25, 0.3) is 0 Å². The molecule has 0 bridgehead atoms. The Hall–Kier alpha value is -0.650. The Kier molecular flexibility index (Phi) is 18.9. The molecule has 0 saturated carbocycles. The molecule has 0 amide bonds. The van der Waals surface area contributed by atoms with Crippen molar-refractivity contribution < 1.29 is 23.9 Å². The Labute approximate surface area is 143 Å². The Morgan fingerprint density at radius 2 is 1.26 bits per heavy atom. The molecule has 0 aromatic rings. The van der Waals surface area contributed by atoms with Gasteiger partial charge in [0, 0.05) is 19.5 Å². The van der Waals surface area contributed by atoms with E-state index in [-0.39, 0.29) is 13.0 Å². The van der Waals surface area contributed by atoms with Crippen LogP contribution in [0.2, 0.25) is 0 Å². The molecule has 0 aromatic carbocycles. The Morgan fingerprint density at radius 1 is 0.826 bits per heavy atom. The average molecular weight is 334 g/mol. The number of carbonyl (C=O) groups is 1. The number of rotatable bonds is 14. The van der Waals surface area contributed by atoms with Crippen LogP contribution >= 0.6 is 0 Å². The summed E-state index contributed by atoms with van der Waals surface area (Å²) >= 11 is 0. The lowest BCUT2D eigenvalue weighted by atomic mass is 10.2. The number of hydrogen-bond acceptors (Lipinski definition) is 4. The van der Waals surface area contributed by atoms with Crippen molar-refractivity contribution in [3.05, 3.63) is 0 Å². The van der Waals surface area contributed by atoms with Crippen LogP contribution < -0.4 is 5.11 Å². The predicted molar refractivity (Wildman–Crippen MR) is 93.2 cm³/mol. The number of aliphatic carboxylic acids is 1. The number of carboxylic acid groups (broad SMARTS) is 1. The predicted octanol–water partition coefficient (Wildman–Crippen LogP) is 2.23. The molecular weight excluding hydrogens is 294 g/mol. The highest BCUT2D eigenvalue weighted by Gasteiger charge is 2.22. The molecule has 140 valence electrons. The zero-order valence-electron chi connectivity index (χ0n) is 16.1. The summed E-state index contributed by atoms with van der Waals surface area (Å²) in [4.78, 5) is 9.81. The van der Waals surface area contributed by atoms with E-state index in [1.807, 2.05) is 0 Å². The van der Waals surface area contributed by atoms with Gasteiger partial charge >= 0.3 is 0 Å². The molecule has 0 aliphatic heterocycles. The minimum Gasteiger partial charge on any atom is -0.550 e. The maximum atomic E-state index is 9.81. The number of carbonyl (C=O) groups excluding carboxylic acids is 1. The van der Waals surface area contributed by atoms with E-state index in [1.54, 1.807) is 7.11 Å². The Bertz CT molecular complexity index is 230. The third-order valence-corrected chi connectivity index (χ3v) is 3.67. The van der Waals surface area contributed by atoms with Crippen LogP contribution in [0.4, 0.5) is 0 Å². The van der Waals surface area contributed by atoms with Crippen LogP contribution in [0.15, 0.2) is 0 Å². The van der Waals surface area contributed by atoms with Gasteiger partial charge in [0.2, 0.25) is 0 Å². The van der Waals surface area contributed by atoms with Crippen molar-refractivity contribution >= 4 is 5.97 Å². The first-order valence-electron chi connectivity index (χ1n) is 9.13. The van der Waals surface area contributed by atoms with Crippen LogP contribution in [0.3, 0.4) is 0 Å². The molecule has 0 atom stereocenters. The highest BCUT2D eigenvalue weighted by atomic mass is 16.5. The second-order valence-corrected chi connectivity index (χ2v) is 5.96. The van der Waals surface area contributed by atoms with Gasteiger partial charge in [-0.15, -0.1) is 0 Å². The molecule has 0 saturated heterocycles. The van der Waals surface area contributed by atoms with E-state index in [2.05, 4.69) is 32.4 Å². The molecule has 23 heavy (non-hydrogen) atoms. The highest BCUT2D eigenvalue weighted by molar-refractivity contribution is 5.64. The molecule has 0 heterocycles. The first-order valence-corrected chi connectivity index (χ1v) is 9.13. The zero-order chi connectivity index (χ0) is 18.0. The second kappa shape index (κ2) is 17.7. The standard InChI is InChI=1S/C12H28N.C6H12O4/c1-5-9-13(10-6-2,11-7-3)12-8-4;1-9-4-5-10-3-2-6(7)8/h5-12H2,1-4H3;2-5H2,1H3,(H,7,8)/q+1;/p-1. The SMILES string of the molecule is CCC[N+](CCC)(CCC)CCC.COCCOCCC(=O)[O-]. The normalized spacial score (nSPS) is 11.0. The summed E-state index contributed by atoms with van der Waals surface area (Å²) in [5, 5.41) is 9.81. The van der Waals surface area contributed by atoms with Gasteiger partial charge < -0.3 is 23.9 Å². The van der Waals surface area contributed by atoms with E-state index in [0.29, 0.717) is 13.2 Å². The number of nitrogens with zero attached hydrogens (tertiary/aromatic N) is 1. The smallest absolute Gasteiger partial charge is 0.0783 e. The second-order valence-electron chi connectivity index (χ2n) is 5.96. The topological polar surface area (TPSA) is 58.6 Å². The molecule has 0 radical (unpaired) electrons. The van der Waals surface area contributed by atoms with Crippen LogP contribution in [-0.2, 0) is 14.3 Å². The highest BCUT2D eigenvalue weighted by Crippen LogP contribution is 2.12. The number of methoxy groups -OCH3 is 1. The van der Waals surface area contributed by atoms with Gasteiger partial charge in [0.05, 0.1) is 46.0 Å². The molecule has 0 aliphatic rings. The molecule has 0 aliphatic carbocycles. The van der Waals surface area contributed by atoms with Crippen molar-refractivity contribution in [3.8, 4) is 0 Å². The van der Waals surface area contributed by atoms with Gasteiger partial charge in [0.15, 0.2) is 0 Å². The van der Waals surface area contributed by atoms with Gasteiger partial charge in [-0.05, 0) is 25.7 Å². The molecular formula is C18H39NO4. The summed E-state index contributed by atoms with van der Waals surface area (Å²) in [6.07, 6.45) is 5.28. The van der Waals surface area contributed by atoms with Crippen LogP contribution in [-0.4, -0.2) is 63.6 Å². The largest absolute Gasteiger partial charge is 0.550 e. The summed E-state index contributed by atoms with van der Waals surface area (Å²) in [5.74, 6) is -1.09. The van der Waals surface area contributed by atoms with Gasteiger partial charge in [-0.3, -0.25) is 0 Å². The number of ether oxygens (including phenoxy) is 2. The summed E-state index contributed by atoms with van der Waals surface area (Å²) in [6, 6.07) is 0. The molecule has 0 unspecified atom stereocenters. The molecule has 0 fully saturated rings. The first kappa shape index (κ1) is 24.6. The van der Waals surface area contributed by atoms with Crippen molar-refractivity contribution in [3.63, 3.8) is 0 Å². The van der Waals surface area contributed by atoms with Gasteiger partial charge in [-0.1, -0.05) is 27.7 Å². The minimum atomic E-state index is -1.09. The molecule has 5 heteroatoms. The lowest BCUT2D eigenvalue weighted by Crippen LogP contribution is -2.50. The van der Waals surface area contributed by atoms with Gasteiger partial charge in [0.1, 0.15) is 0 Å². The minimum absolute atomic E-state index is 0.0519. The summed E-state index contributed by atoms with van der Waals surface area (Å²) in [7, 11) is 1.56. The molecule has 5 nitrogen and oxygen atoms in total. The molecule has 0 spiro atoms. The Balaban J connectivity index is 0. The first-order chi connectivity index (χ1) is 11.0. The fourth-order valence-corrected chi connectivity index (χ4v) is 2.97. The van der Waals surface area contributed by atoms with Crippen LogP contribution in [0, 0.1) is 0 Å². The number of hydrogen-bond donors (Lipinski definition) is 0. The third kappa shape index (κ3) is 16.0. The summed E-state index contributed by atoms with van der Waals surface area (Å²) in [5.41, 5.74) is 0. The van der Waals surface area contributed by atoms with E-state index < -0.39 is 5.97 Å². The van der Waals surface area contributed by atoms with Crippen LogP contribution in [0.1, 0.15) is 59.8 Å². The van der Waals surface area contributed by atoms with E-state index in [1.165, 1.54) is 56.3 Å². The van der Waals surface area contributed by atoms with Gasteiger partial charge in [-0.2, -0.15) is 0 Å². The van der Waals surface area contributed by atoms with Crippen LogP contribution in [0.25, 0.3) is 0 Å². The quantitative estimate of drug-likeness (QED) is 0.361. The fraction of sp³-hybridized carbons (Fsp3) is 0.944. The van der Waals surface area contributed by atoms with Gasteiger partial charge in [-0.25, -0.2) is 0 Å². The Morgan fingerprint density at radius 3 is 1.57 bits per heavy atom. The van der Waals surface area contributed by atoms with Crippen molar-refractivity contribution in [2.45, 2.75) is 59.8 Å². The average Bonchev–Trinajstić information content (AvgIpc) is 2.48. The molecule has 0 N–H and O–H groups in total. The molecule has 0 aromatic heterocycles. The molecule has 0 rings (SSSR count). The number of carboxylic acids is 1. The maximum Gasteiger partial charge on any atom is 0.0783 e. The van der Waals surface area contributed by atoms with Crippen molar-refractivity contribution in [1.29, 1.82) is 0 Å². The van der Waals surface area contributed by atoms with E-state index >= 15 is 0 Å². The third-order valence-electron chi connectivity index (χ3n) is 3.67. The lowest BCUT2D eigenvalue weighted by molar-refractivity contribution is -0.928. The van der Waals surface area contributed by atoms with E-state index in [0.717, 1.165) is 0 Å². The van der Waals surface area contributed by atoms with E-state index in [9.17, 15) is 9.90 Å². The fourth-order valence-electron chi connectivity index (χ4n) is 2.97. The van der Waals surface area contributed by atoms with Crippen molar-refractivity contribution in [2.75, 3.05) is 53.1 Å². The summed E-state index contributed by atoms with van der Waals surface area (Å²) < 4.78 is 10.9. The zero-order valence-corrected chi connectivity index (χ0v) is 16.1.